The largest absolute Gasteiger partial charge is 0.496 e. The minimum absolute atomic E-state index is 0.0403. The highest BCUT2D eigenvalue weighted by Gasteiger charge is 2.08. The van der Waals surface area contributed by atoms with Crippen LogP contribution in [0.15, 0.2) is 78.9 Å². The van der Waals surface area contributed by atoms with Gasteiger partial charge in [0.25, 0.3) is 0 Å². The first-order valence-corrected chi connectivity index (χ1v) is 11.1. The van der Waals surface area contributed by atoms with Gasteiger partial charge >= 0.3 is 0 Å². The van der Waals surface area contributed by atoms with Gasteiger partial charge in [-0.25, -0.2) is 0 Å². The molecule has 0 saturated heterocycles. The Balaban J connectivity index is 1.51. The van der Waals surface area contributed by atoms with Gasteiger partial charge in [0.05, 0.1) is 7.11 Å². The number of fused-ring (bicyclic) bond motifs is 1. The van der Waals surface area contributed by atoms with Crippen LogP contribution in [0.25, 0.3) is 16.8 Å². The molecule has 0 N–H and O–H groups in total. The zero-order chi connectivity index (χ0) is 23.4. The summed E-state index contributed by atoms with van der Waals surface area (Å²) >= 11 is 6.26. The topological polar surface area (TPSA) is 35.5 Å². The lowest BCUT2D eigenvalue weighted by atomic mass is 10.0. The molecular weight excluding hydrogens is 432 g/mol. The number of carbonyl (C=O) groups excluding carboxylic acids is 1. The SMILES string of the molecule is COc1ccc(/C=C/C(=O)c2ccc3ccccc3c2)cc1COc1cc(C)c(Cl)c(C)c1. The van der Waals surface area contributed by atoms with Crippen LogP contribution >= 0.6 is 11.6 Å². The average Bonchev–Trinajstić information content (AvgIpc) is 2.84. The zero-order valence-corrected chi connectivity index (χ0v) is 19.6. The maximum absolute atomic E-state index is 12.7. The number of carbonyl (C=O) groups is 1. The Hall–Kier alpha value is -3.56. The average molecular weight is 457 g/mol. The second-order valence-electron chi connectivity index (χ2n) is 7.99. The van der Waals surface area contributed by atoms with E-state index in [2.05, 4.69) is 0 Å². The molecule has 0 spiro atoms. The Kier molecular flexibility index (Phi) is 6.81. The van der Waals surface area contributed by atoms with Crippen LogP contribution in [0.2, 0.25) is 5.02 Å². The van der Waals surface area contributed by atoms with E-state index in [0.29, 0.717) is 12.2 Å². The number of hydrogen-bond acceptors (Lipinski definition) is 3. The molecule has 0 unspecified atom stereocenters. The van der Waals surface area contributed by atoms with Crippen molar-refractivity contribution in [3.8, 4) is 11.5 Å². The number of ether oxygens (including phenoxy) is 2. The molecule has 0 radical (unpaired) electrons. The number of benzene rings is 4. The summed E-state index contributed by atoms with van der Waals surface area (Å²) in [5.41, 5.74) is 4.40. The molecular formula is C29H25ClO3. The third kappa shape index (κ3) is 5.27. The van der Waals surface area contributed by atoms with Crippen molar-refractivity contribution in [2.45, 2.75) is 20.5 Å². The number of allylic oxidation sites excluding steroid dienone is 1. The molecule has 4 rings (SSSR count). The van der Waals surface area contributed by atoms with Gasteiger partial charge in [-0.15, -0.1) is 0 Å². The monoisotopic (exact) mass is 456 g/mol. The van der Waals surface area contributed by atoms with E-state index in [-0.39, 0.29) is 5.78 Å². The molecule has 166 valence electrons. The normalized spacial score (nSPS) is 11.2. The highest BCUT2D eigenvalue weighted by Crippen LogP contribution is 2.28. The third-order valence-corrected chi connectivity index (χ3v) is 6.17. The van der Waals surface area contributed by atoms with Crippen molar-refractivity contribution in [1.82, 2.24) is 0 Å². The van der Waals surface area contributed by atoms with Crippen LogP contribution in [0, 0.1) is 13.8 Å². The minimum Gasteiger partial charge on any atom is -0.496 e. The molecule has 0 heterocycles. The van der Waals surface area contributed by atoms with E-state index in [4.69, 9.17) is 21.1 Å². The van der Waals surface area contributed by atoms with Crippen molar-refractivity contribution < 1.29 is 14.3 Å². The van der Waals surface area contributed by atoms with Gasteiger partial charge in [0.2, 0.25) is 0 Å². The third-order valence-electron chi connectivity index (χ3n) is 5.57. The first-order chi connectivity index (χ1) is 15.9. The molecule has 4 aromatic rings. The van der Waals surface area contributed by atoms with Crippen LogP contribution in [-0.2, 0) is 6.61 Å². The number of methoxy groups -OCH3 is 1. The number of rotatable bonds is 7. The maximum atomic E-state index is 12.7. The summed E-state index contributed by atoms with van der Waals surface area (Å²) in [5, 5.41) is 2.92. The molecule has 0 fully saturated rings. The minimum atomic E-state index is -0.0403. The van der Waals surface area contributed by atoms with E-state index in [9.17, 15) is 4.79 Å². The van der Waals surface area contributed by atoms with Crippen molar-refractivity contribution in [1.29, 1.82) is 0 Å². The molecule has 0 aliphatic heterocycles. The summed E-state index contributed by atoms with van der Waals surface area (Å²) in [7, 11) is 1.63. The molecule has 0 bridgehead atoms. The molecule has 0 saturated carbocycles. The van der Waals surface area contributed by atoms with Gasteiger partial charge in [-0.05, 0) is 77.7 Å². The maximum Gasteiger partial charge on any atom is 0.185 e. The molecule has 0 aliphatic rings. The molecule has 0 aromatic heterocycles. The summed E-state index contributed by atoms with van der Waals surface area (Å²) < 4.78 is 11.5. The first kappa shape index (κ1) is 22.6. The van der Waals surface area contributed by atoms with Crippen LogP contribution in [0.3, 0.4) is 0 Å². The predicted molar refractivity (Wildman–Crippen MR) is 136 cm³/mol. The van der Waals surface area contributed by atoms with Crippen molar-refractivity contribution in [3.63, 3.8) is 0 Å². The second kappa shape index (κ2) is 9.93. The molecule has 0 aliphatic carbocycles. The molecule has 33 heavy (non-hydrogen) atoms. The standard InChI is InChI=1S/C29H25ClO3/c1-19-14-26(15-20(2)29(19)30)33-18-25-16-21(9-13-28(25)32-3)8-12-27(31)24-11-10-22-6-4-5-7-23(22)17-24/h4-17H,18H2,1-3H3/b12-8+. The van der Waals surface area contributed by atoms with E-state index in [1.807, 2.05) is 92.7 Å². The fraction of sp³-hybridized carbons (Fsp3) is 0.138. The van der Waals surface area contributed by atoms with Crippen LogP contribution in [0.5, 0.6) is 11.5 Å². The Bertz CT molecular complexity index is 1330. The quantitative estimate of drug-likeness (QED) is 0.212. The van der Waals surface area contributed by atoms with Crippen LogP contribution in [0.1, 0.15) is 32.6 Å². The van der Waals surface area contributed by atoms with Gasteiger partial charge in [0.15, 0.2) is 5.78 Å². The molecule has 0 atom stereocenters. The van der Waals surface area contributed by atoms with E-state index in [1.54, 1.807) is 13.2 Å². The van der Waals surface area contributed by atoms with Crippen LogP contribution in [-0.4, -0.2) is 12.9 Å². The first-order valence-electron chi connectivity index (χ1n) is 10.7. The van der Waals surface area contributed by atoms with E-state index >= 15 is 0 Å². The van der Waals surface area contributed by atoms with Crippen molar-refractivity contribution in [2.75, 3.05) is 7.11 Å². The number of halogens is 1. The Morgan fingerprint density at radius 3 is 2.36 bits per heavy atom. The Labute approximate surface area is 199 Å². The Morgan fingerprint density at radius 2 is 1.64 bits per heavy atom. The zero-order valence-electron chi connectivity index (χ0n) is 18.9. The summed E-state index contributed by atoms with van der Waals surface area (Å²) in [5.74, 6) is 1.45. The number of aryl methyl sites for hydroxylation is 2. The summed E-state index contributed by atoms with van der Waals surface area (Å²) in [6.07, 6.45) is 3.42. The Morgan fingerprint density at radius 1 is 0.909 bits per heavy atom. The smallest absolute Gasteiger partial charge is 0.185 e. The predicted octanol–water partition coefficient (Wildman–Crippen LogP) is 7.59. The van der Waals surface area contributed by atoms with Crippen molar-refractivity contribution in [2.24, 2.45) is 0 Å². The molecule has 3 nitrogen and oxygen atoms in total. The summed E-state index contributed by atoms with van der Waals surface area (Å²) in [6.45, 7) is 4.26. The van der Waals surface area contributed by atoms with Crippen molar-refractivity contribution >= 4 is 34.2 Å². The number of hydrogen-bond donors (Lipinski definition) is 0. The van der Waals surface area contributed by atoms with Gasteiger partial charge in [-0.3, -0.25) is 4.79 Å². The summed E-state index contributed by atoms with van der Waals surface area (Å²) in [6, 6.07) is 23.4. The van der Waals surface area contributed by atoms with Crippen LogP contribution < -0.4 is 9.47 Å². The molecule has 4 aromatic carbocycles. The van der Waals surface area contributed by atoms with E-state index < -0.39 is 0 Å². The van der Waals surface area contributed by atoms with Gasteiger partial charge in [-0.2, -0.15) is 0 Å². The summed E-state index contributed by atoms with van der Waals surface area (Å²) in [4.78, 5) is 12.7. The highest BCUT2D eigenvalue weighted by atomic mass is 35.5. The van der Waals surface area contributed by atoms with Crippen molar-refractivity contribution in [3.05, 3.63) is 112 Å². The van der Waals surface area contributed by atoms with Gasteiger partial charge in [-0.1, -0.05) is 60.1 Å². The van der Waals surface area contributed by atoms with Gasteiger partial charge in [0.1, 0.15) is 18.1 Å². The fourth-order valence-corrected chi connectivity index (χ4v) is 3.89. The highest BCUT2D eigenvalue weighted by molar-refractivity contribution is 6.32. The lowest BCUT2D eigenvalue weighted by Crippen LogP contribution is -2.00. The van der Waals surface area contributed by atoms with Gasteiger partial charge in [0, 0.05) is 16.1 Å². The lowest BCUT2D eigenvalue weighted by Gasteiger charge is -2.13. The molecule has 4 heteroatoms. The molecule has 0 amide bonds. The fourth-order valence-electron chi connectivity index (χ4n) is 3.78. The van der Waals surface area contributed by atoms with E-state index in [0.717, 1.165) is 49.5 Å². The van der Waals surface area contributed by atoms with Crippen LogP contribution in [0.4, 0.5) is 0 Å². The number of ketones is 1. The lowest BCUT2D eigenvalue weighted by molar-refractivity contribution is 0.104. The van der Waals surface area contributed by atoms with E-state index in [1.165, 1.54) is 0 Å². The van der Waals surface area contributed by atoms with Gasteiger partial charge < -0.3 is 9.47 Å². The second-order valence-corrected chi connectivity index (χ2v) is 8.37.